The van der Waals surface area contributed by atoms with Crippen LogP contribution in [0.15, 0.2) is 53.7 Å². The third-order valence-electron chi connectivity index (χ3n) is 5.77. The summed E-state index contributed by atoms with van der Waals surface area (Å²) in [4.78, 5) is 18.7. The van der Waals surface area contributed by atoms with Crippen molar-refractivity contribution in [3.63, 3.8) is 0 Å². The van der Waals surface area contributed by atoms with Gasteiger partial charge in [0.25, 0.3) is 5.56 Å². The van der Waals surface area contributed by atoms with Gasteiger partial charge < -0.3 is 14.6 Å². The monoisotopic (exact) mass is 481 g/mol. The predicted molar refractivity (Wildman–Crippen MR) is 132 cm³/mol. The van der Waals surface area contributed by atoms with E-state index in [1.54, 1.807) is 18.1 Å². The zero-order chi connectivity index (χ0) is 23.1. The van der Waals surface area contributed by atoms with Gasteiger partial charge in [-0.15, -0.1) is 11.3 Å². The Morgan fingerprint density at radius 1 is 1.24 bits per heavy atom. The van der Waals surface area contributed by atoms with Crippen molar-refractivity contribution < 1.29 is 4.74 Å². The number of aryl methyl sites for hydroxylation is 1. The molecule has 0 spiro atoms. The fourth-order valence-corrected chi connectivity index (χ4v) is 4.91. The van der Waals surface area contributed by atoms with Gasteiger partial charge in [-0.3, -0.25) is 4.79 Å². The largest absolute Gasteiger partial charge is 0.494 e. The molecule has 0 unspecified atom stereocenters. The molecule has 4 aromatic rings. The van der Waals surface area contributed by atoms with Crippen molar-refractivity contribution in [3.05, 3.63) is 79.9 Å². The van der Waals surface area contributed by atoms with Gasteiger partial charge in [0.1, 0.15) is 11.4 Å². The van der Waals surface area contributed by atoms with Crippen molar-refractivity contribution in [2.75, 3.05) is 12.4 Å². The highest BCUT2D eigenvalue weighted by Gasteiger charge is 2.28. The van der Waals surface area contributed by atoms with E-state index in [0.717, 1.165) is 40.5 Å². The molecule has 9 heteroatoms. The number of imidazole rings is 1. The van der Waals surface area contributed by atoms with Crippen LogP contribution < -0.4 is 15.6 Å². The second kappa shape index (κ2) is 8.68. The molecule has 0 radical (unpaired) electrons. The van der Waals surface area contributed by atoms with Crippen molar-refractivity contribution in [3.8, 4) is 11.4 Å². The molecular weight excluding hydrogens is 458 g/mol. The summed E-state index contributed by atoms with van der Waals surface area (Å²) >= 11 is 7.60. The van der Waals surface area contributed by atoms with Crippen LogP contribution in [0.5, 0.6) is 5.75 Å². The number of halogens is 1. The van der Waals surface area contributed by atoms with Gasteiger partial charge in [-0.2, -0.15) is 5.10 Å². The molecule has 170 valence electrons. The van der Waals surface area contributed by atoms with Gasteiger partial charge in [-0.25, -0.2) is 9.67 Å². The molecule has 3 heterocycles. The number of hydrogen-bond acceptors (Lipinski definition) is 6. The summed E-state index contributed by atoms with van der Waals surface area (Å²) in [5.74, 6) is 1.08. The van der Waals surface area contributed by atoms with E-state index in [1.807, 2.05) is 61.0 Å². The maximum atomic E-state index is 13.4. The van der Waals surface area contributed by atoms with Crippen LogP contribution in [-0.4, -0.2) is 26.4 Å². The zero-order valence-electron chi connectivity index (χ0n) is 18.6. The third-order valence-corrected chi connectivity index (χ3v) is 7.17. The third kappa shape index (κ3) is 4.41. The molecule has 0 amide bonds. The Balaban J connectivity index is 1.51. The number of methoxy groups -OCH3 is 1. The minimum Gasteiger partial charge on any atom is -0.494 e. The Hall–Kier alpha value is -3.10. The normalized spacial score (nSPS) is 14.3. The standard InChI is InChI=1S/C24H24ClN5O2S/c1-14-12-29(13-26-14)20-7-6-17(10-21(20)32-3)27-19-11-18(16-4-5-16)28-30(24(19)31)15(2)22-8-9-23(25)33-22/h6-13,15-16,27H,4-5H2,1-3H3/t15-/m0/s1. The quantitative estimate of drug-likeness (QED) is 0.367. The van der Waals surface area contributed by atoms with E-state index in [0.29, 0.717) is 21.7 Å². The van der Waals surface area contributed by atoms with E-state index in [9.17, 15) is 4.79 Å². The Morgan fingerprint density at radius 3 is 2.70 bits per heavy atom. The lowest BCUT2D eigenvalue weighted by Crippen LogP contribution is -2.29. The van der Waals surface area contributed by atoms with E-state index in [-0.39, 0.29) is 11.6 Å². The fourth-order valence-electron chi connectivity index (χ4n) is 3.81. The molecule has 0 saturated heterocycles. The SMILES string of the molecule is COc1cc(Nc2cc(C3CC3)nn([C@@H](C)c3ccc(Cl)s3)c2=O)ccc1-n1cnc(C)c1. The van der Waals surface area contributed by atoms with E-state index in [4.69, 9.17) is 21.4 Å². The Kier molecular flexibility index (Phi) is 5.72. The fraction of sp³-hybridized carbons (Fsp3) is 0.292. The van der Waals surface area contributed by atoms with Crippen LogP contribution in [0.2, 0.25) is 4.34 Å². The summed E-state index contributed by atoms with van der Waals surface area (Å²) in [7, 11) is 1.63. The summed E-state index contributed by atoms with van der Waals surface area (Å²) in [6.07, 6.45) is 5.88. The second-order valence-electron chi connectivity index (χ2n) is 8.26. The van der Waals surface area contributed by atoms with Crippen LogP contribution in [0.25, 0.3) is 5.69 Å². The molecule has 0 aliphatic heterocycles. The molecule has 1 atom stereocenters. The Labute approximate surface area is 200 Å². The number of aromatic nitrogens is 4. The van der Waals surface area contributed by atoms with E-state index >= 15 is 0 Å². The molecule has 0 bridgehead atoms. The van der Waals surface area contributed by atoms with Gasteiger partial charge >= 0.3 is 0 Å². The van der Waals surface area contributed by atoms with Gasteiger partial charge in [0.05, 0.1) is 40.9 Å². The Morgan fingerprint density at radius 2 is 2.06 bits per heavy atom. The van der Waals surface area contributed by atoms with Crippen molar-refractivity contribution in [2.24, 2.45) is 0 Å². The van der Waals surface area contributed by atoms with Crippen LogP contribution in [0.3, 0.4) is 0 Å². The van der Waals surface area contributed by atoms with Crippen molar-refractivity contribution in [1.29, 1.82) is 0 Å². The molecular formula is C24H24ClN5O2S. The first kappa shape index (κ1) is 21.7. The Bertz CT molecular complexity index is 1370. The van der Waals surface area contributed by atoms with Gasteiger partial charge in [-0.1, -0.05) is 11.6 Å². The highest BCUT2D eigenvalue weighted by atomic mass is 35.5. The first-order chi connectivity index (χ1) is 15.9. The average Bonchev–Trinajstić information content (AvgIpc) is 3.43. The van der Waals surface area contributed by atoms with Gasteiger partial charge in [0.15, 0.2) is 0 Å². The maximum absolute atomic E-state index is 13.4. The first-order valence-electron chi connectivity index (χ1n) is 10.8. The first-order valence-corrected chi connectivity index (χ1v) is 12.0. The highest BCUT2D eigenvalue weighted by molar-refractivity contribution is 7.16. The predicted octanol–water partition coefficient (Wildman–Crippen LogP) is 5.69. The maximum Gasteiger partial charge on any atom is 0.291 e. The van der Waals surface area contributed by atoms with E-state index in [2.05, 4.69) is 10.3 Å². The lowest BCUT2D eigenvalue weighted by Gasteiger charge is -2.17. The molecule has 1 N–H and O–H groups in total. The van der Waals surface area contributed by atoms with Gasteiger partial charge in [0, 0.05) is 28.7 Å². The van der Waals surface area contributed by atoms with E-state index in [1.165, 1.54) is 11.3 Å². The number of hydrogen-bond donors (Lipinski definition) is 1. The number of nitrogens with zero attached hydrogens (tertiary/aromatic N) is 4. The van der Waals surface area contributed by atoms with Crippen LogP contribution in [0.1, 0.15) is 48.0 Å². The smallest absolute Gasteiger partial charge is 0.291 e. The molecule has 1 aliphatic carbocycles. The minimum absolute atomic E-state index is 0.176. The number of nitrogens with one attached hydrogen (secondary N) is 1. The van der Waals surface area contributed by atoms with E-state index < -0.39 is 0 Å². The number of anilines is 2. The lowest BCUT2D eigenvalue weighted by atomic mass is 10.2. The molecule has 5 rings (SSSR count). The zero-order valence-corrected chi connectivity index (χ0v) is 20.2. The number of thiophene rings is 1. The van der Waals surface area contributed by atoms with Crippen LogP contribution >= 0.6 is 22.9 Å². The lowest BCUT2D eigenvalue weighted by molar-refractivity contribution is 0.413. The summed E-state index contributed by atoms with van der Waals surface area (Å²) in [6.45, 7) is 3.91. The average molecular weight is 482 g/mol. The molecule has 1 aliphatic rings. The number of ether oxygens (including phenoxy) is 1. The van der Waals surface area contributed by atoms with Crippen LogP contribution in [0.4, 0.5) is 11.4 Å². The summed E-state index contributed by atoms with van der Waals surface area (Å²) < 4.78 is 9.79. The second-order valence-corrected chi connectivity index (χ2v) is 10.0. The summed E-state index contributed by atoms with van der Waals surface area (Å²) in [5, 5.41) is 8.01. The summed E-state index contributed by atoms with van der Waals surface area (Å²) in [5.41, 5.74) is 3.81. The number of rotatable bonds is 7. The molecule has 33 heavy (non-hydrogen) atoms. The minimum atomic E-state index is -0.212. The van der Waals surface area contributed by atoms with Gasteiger partial charge in [-0.05, 0) is 57.0 Å². The topological polar surface area (TPSA) is 74.0 Å². The molecule has 7 nitrogen and oxygen atoms in total. The van der Waals surface area contributed by atoms with Gasteiger partial charge in [0.2, 0.25) is 0 Å². The summed E-state index contributed by atoms with van der Waals surface area (Å²) in [6, 6.07) is 11.2. The molecule has 1 aromatic carbocycles. The van der Waals surface area contributed by atoms with Crippen molar-refractivity contribution >= 4 is 34.3 Å². The van der Waals surface area contributed by atoms with Crippen molar-refractivity contribution in [1.82, 2.24) is 19.3 Å². The highest BCUT2D eigenvalue weighted by Crippen LogP contribution is 2.40. The molecule has 1 saturated carbocycles. The molecule has 1 fully saturated rings. The number of benzene rings is 1. The molecule has 3 aromatic heterocycles. The van der Waals surface area contributed by atoms with Crippen molar-refractivity contribution in [2.45, 2.75) is 38.6 Å². The van der Waals surface area contributed by atoms with Crippen LogP contribution in [0, 0.1) is 6.92 Å². The van der Waals surface area contributed by atoms with Crippen LogP contribution in [-0.2, 0) is 0 Å².